The summed E-state index contributed by atoms with van der Waals surface area (Å²) in [4.78, 5) is 0.239. The second-order valence-electron chi connectivity index (χ2n) is 8.93. The minimum atomic E-state index is -3.74. The van der Waals surface area contributed by atoms with Crippen LogP contribution in [0.25, 0.3) is 11.0 Å². The van der Waals surface area contributed by atoms with Gasteiger partial charge in [-0.1, -0.05) is 38.1 Å². The van der Waals surface area contributed by atoms with Gasteiger partial charge in [0.2, 0.25) is 0 Å². The van der Waals surface area contributed by atoms with Crippen molar-refractivity contribution >= 4 is 26.7 Å². The van der Waals surface area contributed by atoms with Crippen molar-refractivity contribution in [2.24, 2.45) is 11.8 Å². The van der Waals surface area contributed by atoms with Gasteiger partial charge in [-0.2, -0.15) is 0 Å². The molecule has 1 aliphatic heterocycles. The van der Waals surface area contributed by atoms with Crippen molar-refractivity contribution < 1.29 is 13.2 Å². The third kappa shape index (κ3) is 4.81. The van der Waals surface area contributed by atoms with E-state index in [1.165, 1.54) is 9.87 Å². The van der Waals surface area contributed by atoms with Crippen LogP contribution in [0.2, 0.25) is 0 Å². The minimum absolute atomic E-state index is 0.180. The number of aromatic nitrogens is 3. The predicted octanol–water partition coefficient (Wildman–Crippen LogP) is 4.27. The van der Waals surface area contributed by atoms with Crippen molar-refractivity contribution in [3.05, 3.63) is 48.0 Å². The third-order valence-electron chi connectivity index (χ3n) is 6.01. The van der Waals surface area contributed by atoms with Gasteiger partial charge in [0.05, 0.1) is 16.1 Å². The van der Waals surface area contributed by atoms with E-state index in [2.05, 4.69) is 17.2 Å². The molecule has 0 amide bonds. The molecule has 0 N–H and O–H groups in total. The first kappa shape index (κ1) is 22.7. The van der Waals surface area contributed by atoms with Crippen LogP contribution in [-0.2, 0) is 27.7 Å². The van der Waals surface area contributed by atoms with Crippen LogP contribution in [0.15, 0.2) is 47.4 Å². The van der Waals surface area contributed by atoms with Gasteiger partial charge in [-0.15, -0.1) is 5.10 Å². The molecular weight excluding hydrogens is 424 g/mol. The number of benzene rings is 2. The summed E-state index contributed by atoms with van der Waals surface area (Å²) < 4.78 is 36.1. The molecular formula is C24H32N4O3S. The van der Waals surface area contributed by atoms with Gasteiger partial charge in [0.25, 0.3) is 10.0 Å². The Balaban J connectivity index is 1.65. The van der Waals surface area contributed by atoms with Crippen molar-refractivity contribution in [1.29, 1.82) is 0 Å². The smallest absolute Gasteiger partial charge is 0.264 e. The van der Waals surface area contributed by atoms with Crippen LogP contribution in [-0.4, -0.2) is 43.2 Å². The van der Waals surface area contributed by atoms with Crippen molar-refractivity contribution in [3.8, 4) is 0 Å². The number of aryl methyl sites for hydroxylation is 1. The zero-order chi connectivity index (χ0) is 22.7. The molecule has 32 heavy (non-hydrogen) atoms. The van der Waals surface area contributed by atoms with Gasteiger partial charge in [0.1, 0.15) is 5.52 Å². The predicted molar refractivity (Wildman–Crippen MR) is 126 cm³/mol. The summed E-state index contributed by atoms with van der Waals surface area (Å²) in [6.07, 6.45) is 2.93. The molecule has 0 saturated carbocycles. The first-order valence-electron chi connectivity index (χ1n) is 11.4. The molecule has 1 saturated heterocycles. The van der Waals surface area contributed by atoms with Gasteiger partial charge in [-0.25, -0.2) is 13.1 Å². The summed E-state index contributed by atoms with van der Waals surface area (Å²) in [6, 6.07) is 12.9. The SMILES string of the molecule is CCc1ccc(N(CC(C)C)S(=O)(=O)c2ccc3c(c2)nnn3CC2CCOCC2)cc1. The van der Waals surface area contributed by atoms with E-state index in [4.69, 9.17) is 4.74 Å². The maximum absolute atomic E-state index is 13.6. The van der Waals surface area contributed by atoms with E-state index < -0.39 is 10.0 Å². The molecule has 2 heterocycles. The summed E-state index contributed by atoms with van der Waals surface area (Å²) in [5.41, 5.74) is 3.32. The highest BCUT2D eigenvalue weighted by molar-refractivity contribution is 7.92. The second-order valence-corrected chi connectivity index (χ2v) is 10.8. The summed E-state index contributed by atoms with van der Waals surface area (Å²) in [5.74, 6) is 0.685. The molecule has 0 unspecified atom stereocenters. The Hall–Kier alpha value is -2.45. The quantitative estimate of drug-likeness (QED) is 0.506. The third-order valence-corrected chi connectivity index (χ3v) is 7.80. The number of hydrogen-bond acceptors (Lipinski definition) is 5. The number of fused-ring (bicyclic) bond motifs is 1. The molecule has 4 rings (SSSR count). The molecule has 1 fully saturated rings. The van der Waals surface area contributed by atoms with E-state index >= 15 is 0 Å². The highest BCUT2D eigenvalue weighted by Gasteiger charge is 2.27. The average molecular weight is 457 g/mol. The Morgan fingerprint density at radius 1 is 1.12 bits per heavy atom. The van der Waals surface area contributed by atoms with Gasteiger partial charge in [-0.05, 0) is 67.0 Å². The number of ether oxygens (including phenoxy) is 1. The number of rotatable bonds is 8. The first-order chi connectivity index (χ1) is 15.4. The van der Waals surface area contributed by atoms with E-state index in [-0.39, 0.29) is 10.8 Å². The topological polar surface area (TPSA) is 77.3 Å². The van der Waals surface area contributed by atoms with Gasteiger partial charge in [0.15, 0.2) is 0 Å². The van der Waals surface area contributed by atoms with E-state index in [9.17, 15) is 8.42 Å². The molecule has 0 atom stereocenters. The van der Waals surface area contributed by atoms with Gasteiger partial charge in [-0.3, -0.25) is 4.31 Å². The number of sulfonamides is 1. The van der Waals surface area contributed by atoms with Crippen molar-refractivity contribution in [2.45, 2.75) is 51.5 Å². The zero-order valence-corrected chi connectivity index (χ0v) is 19.9. The average Bonchev–Trinajstić information content (AvgIpc) is 3.20. The lowest BCUT2D eigenvalue weighted by atomic mass is 10.0. The summed E-state index contributed by atoms with van der Waals surface area (Å²) in [6.45, 7) is 8.87. The van der Waals surface area contributed by atoms with Crippen LogP contribution in [0.3, 0.4) is 0 Å². The van der Waals surface area contributed by atoms with Crippen LogP contribution in [0.1, 0.15) is 39.2 Å². The normalized spacial score (nSPS) is 15.5. The van der Waals surface area contributed by atoms with Gasteiger partial charge >= 0.3 is 0 Å². The molecule has 172 valence electrons. The molecule has 2 aromatic carbocycles. The molecule has 8 heteroatoms. The molecule has 1 aromatic heterocycles. The van der Waals surface area contributed by atoms with Crippen molar-refractivity contribution in [3.63, 3.8) is 0 Å². The summed E-state index contributed by atoms with van der Waals surface area (Å²) in [7, 11) is -3.74. The van der Waals surface area contributed by atoms with Crippen LogP contribution in [0.5, 0.6) is 0 Å². The van der Waals surface area contributed by atoms with E-state index in [0.717, 1.165) is 44.5 Å². The van der Waals surface area contributed by atoms with E-state index in [1.807, 2.05) is 48.9 Å². The second kappa shape index (κ2) is 9.58. The highest BCUT2D eigenvalue weighted by Crippen LogP contribution is 2.28. The summed E-state index contributed by atoms with van der Waals surface area (Å²) >= 11 is 0. The standard InChI is InChI=1S/C24H32N4O3S/c1-4-19-5-7-21(8-6-19)28(16-18(2)3)32(29,30)22-9-10-24-23(15-22)25-26-27(24)17-20-11-13-31-14-12-20/h5-10,15,18,20H,4,11-14,16-17H2,1-3H3. The highest BCUT2D eigenvalue weighted by atomic mass is 32.2. The fraction of sp³-hybridized carbons (Fsp3) is 0.500. The van der Waals surface area contributed by atoms with Gasteiger partial charge in [0, 0.05) is 26.3 Å². The lowest BCUT2D eigenvalue weighted by Crippen LogP contribution is -2.34. The van der Waals surface area contributed by atoms with Crippen LogP contribution in [0, 0.1) is 11.8 Å². The fourth-order valence-corrected chi connectivity index (χ4v) is 5.77. The zero-order valence-electron chi connectivity index (χ0n) is 19.1. The molecule has 0 aliphatic carbocycles. The molecule has 0 spiro atoms. The van der Waals surface area contributed by atoms with E-state index in [0.29, 0.717) is 23.7 Å². The number of hydrogen-bond donors (Lipinski definition) is 0. The van der Waals surface area contributed by atoms with E-state index in [1.54, 1.807) is 12.1 Å². The Morgan fingerprint density at radius 3 is 2.50 bits per heavy atom. The molecule has 3 aromatic rings. The van der Waals surface area contributed by atoms with Crippen LogP contribution < -0.4 is 4.31 Å². The van der Waals surface area contributed by atoms with Crippen molar-refractivity contribution in [1.82, 2.24) is 15.0 Å². The van der Waals surface area contributed by atoms with Crippen molar-refractivity contribution in [2.75, 3.05) is 24.1 Å². The lowest BCUT2D eigenvalue weighted by molar-refractivity contribution is 0.0604. The van der Waals surface area contributed by atoms with Crippen LogP contribution >= 0.6 is 0 Å². The maximum Gasteiger partial charge on any atom is 0.264 e. The monoisotopic (exact) mass is 456 g/mol. The molecule has 0 bridgehead atoms. The maximum atomic E-state index is 13.6. The number of anilines is 1. The van der Waals surface area contributed by atoms with Crippen LogP contribution in [0.4, 0.5) is 5.69 Å². The molecule has 0 radical (unpaired) electrons. The first-order valence-corrected chi connectivity index (χ1v) is 12.8. The lowest BCUT2D eigenvalue weighted by Gasteiger charge is -2.26. The summed E-state index contributed by atoms with van der Waals surface area (Å²) in [5, 5.41) is 8.57. The largest absolute Gasteiger partial charge is 0.381 e. The Bertz CT molecular complexity index is 1150. The Labute approximate surface area is 190 Å². The fourth-order valence-electron chi connectivity index (χ4n) is 4.12. The number of nitrogens with zero attached hydrogens (tertiary/aromatic N) is 4. The van der Waals surface area contributed by atoms with Gasteiger partial charge < -0.3 is 4.74 Å². The Kier molecular flexibility index (Phi) is 6.81. The molecule has 1 aliphatic rings. The Morgan fingerprint density at radius 2 is 1.84 bits per heavy atom. The molecule has 7 nitrogen and oxygen atoms in total. The minimum Gasteiger partial charge on any atom is -0.381 e.